The van der Waals surface area contributed by atoms with Crippen LogP contribution in [0, 0.1) is 19.8 Å². The molecular formula is C14H17NO3S. The summed E-state index contributed by atoms with van der Waals surface area (Å²) in [6.07, 6.45) is 3.39. The highest BCUT2D eigenvalue weighted by Crippen LogP contribution is 2.36. The van der Waals surface area contributed by atoms with Crippen molar-refractivity contribution >= 4 is 28.2 Å². The summed E-state index contributed by atoms with van der Waals surface area (Å²) >= 11 is 1.42. The molecule has 1 fully saturated rings. The van der Waals surface area contributed by atoms with E-state index < -0.39 is 5.97 Å². The molecule has 0 radical (unpaired) electrons. The molecule has 0 spiro atoms. The Labute approximate surface area is 116 Å². The van der Waals surface area contributed by atoms with Crippen LogP contribution in [0.15, 0.2) is 12.7 Å². The van der Waals surface area contributed by atoms with E-state index in [-0.39, 0.29) is 18.4 Å². The van der Waals surface area contributed by atoms with E-state index in [2.05, 4.69) is 11.9 Å². The van der Waals surface area contributed by atoms with Crippen LogP contribution >= 0.6 is 11.3 Å². The molecule has 1 N–H and O–H groups in total. The van der Waals surface area contributed by atoms with Crippen LogP contribution in [0.25, 0.3) is 0 Å². The number of hydrogen-bond donors (Lipinski definition) is 1. The maximum atomic E-state index is 12.0. The van der Waals surface area contributed by atoms with E-state index in [0.717, 1.165) is 23.3 Å². The Bertz CT molecular complexity index is 529. The Morgan fingerprint density at radius 3 is 2.74 bits per heavy atom. The van der Waals surface area contributed by atoms with E-state index >= 15 is 0 Å². The smallest absolute Gasteiger partial charge is 0.341 e. The number of rotatable bonds is 5. The first-order valence-electron chi connectivity index (χ1n) is 6.23. The summed E-state index contributed by atoms with van der Waals surface area (Å²) in [5.41, 5.74) is 1.34. The number of anilines is 1. The highest BCUT2D eigenvalue weighted by molar-refractivity contribution is 7.16. The zero-order valence-electron chi connectivity index (χ0n) is 11.1. The molecular weight excluding hydrogens is 262 g/mol. The summed E-state index contributed by atoms with van der Waals surface area (Å²) in [5.74, 6) is -0.299. The van der Waals surface area contributed by atoms with Gasteiger partial charge in [0.1, 0.15) is 11.6 Å². The molecule has 102 valence electrons. The van der Waals surface area contributed by atoms with Gasteiger partial charge in [0, 0.05) is 10.8 Å². The molecule has 1 heterocycles. The first-order chi connectivity index (χ1) is 9.04. The summed E-state index contributed by atoms with van der Waals surface area (Å²) in [5, 5.41) is 3.44. The van der Waals surface area contributed by atoms with E-state index in [0.29, 0.717) is 10.6 Å². The molecule has 0 saturated heterocycles. The molecule has 0 aliphatic heterocycles. The molecule has 4 nitrogen and oxygen atoms in total. The van der Waals surface area contributed by atoms with Crippen LogP contribution in [0.1, 0.15) is 33.6 Å². The van der Waals surface area contributed by atoms with Gasteiger partial charge < -0.3 is 10.1 Å². The molecule has 0 atom stereocenters. The number of nitrogens with one attached hydrogen (secondary N) is 1. The zero-order chi connectivity index (χ0) is 14.0. The van der Waals surface area contributed by atoms with Crippen LogP contribution in [0.3, 0.4) is 0 Å². The number of amides is 1. The van der Waals surface area contributed by atoms with Gasteiger partial charge in [0.05, 0.1) is 5.56 Å². The number of carbonyl (C=O) groups is 2. The van der Waals surface area contributed by atoms with Gasteiger partial charge in [-0.3, -0.25) is 4.79 Å². The minimum absolute atomic E-state index is 0.000907. The maximum Gasteiger partial charge on any atom is 0.341 e. The summed E-state index contributed by atoms with van der Waals surface area (Å²) in [6.45, 7) is 7.47. The van der Waals surface area contributed by atoms with Crippen LogP contribution in [0.2, 0.25) is 0 Å². The molecule has 1 aliphatic carbocycles. The number of esters is 1. The molecule has 19 heavy (non-hydrogen) atoms. The molecule has 0 aromatic carbocycles. The van der Waals surface area contributed by atoms with Gasteiger partial charge in [-0.2, -0.15) is 0 Å². The SMILES string of the molecule is C=CCOC(=O)c1c(NC(=O)C2CC2)sc(C)c1C. The van der Waals surface area contributed by atoms with Crippen LogP contribution in [-0.2, 0) is 9.53 Å². The Morgan fingerprint density at radius 1 is 1.47 bits per heavy atom. The summed E-state index contributed by atoms with van der Waals surface area (Å²) in [4.78, 5) is 24.8. The minimum atomic E-state index is -0.409. The molecule has 0 unspecified atom stereocenters. The quantitative estimate of drug-likeness (QED) is 0.665. The summed E-state index contributed by atoms with van der Waals surface area (Å²) in [7, 11) is 0. The zero-order valence-corrected chi connectivity index (χ0v) is 11.9. The molecule has 1 saturated carbocycles. The van der Waals surface area contributed by atoms with Crippen LogP contribution < -0.4 is 5.32 Å². The van der Waals surface area contributed by atoms with Crippen molar-refractivity contribution in [2.45, 2.75) is 26.7 Å². The van der Waals surface area contributed by atoms with E-state index in [1.807, 2.05) is 13.8 Å². The number of aryl methyl sites for hydroxylation is 1. The maximum absolute atomic E-state index is 12.0. The van der Waals surface area contributed by atoms with Crippen LogP contribution in [0.5, 0.6) is 0 Å². The highest BCUT2D eigenvalue weighted by atomic mass is 32.1. The van der Waals surface area contributed by atoms with Crippen molar-refractivity contribution in [3.63, 3.8) is 0 Å². The topological polar surface area (TPSA) is 55.4 Å². The average Bonchev–Trinajstić information content (AvgIpc) is 3.16. The third-order valence-electron chi connectivity index (χ3n) is 3.11. The highest BCUT2D eigenvalue weighted by Gasteiger charge is 2.31. The third-order valence-corrected chi connectivity index (χ3v) is 4.23. The lowest BCUT2D eigenvalue weighted by Crippen LogP contribution is -2.16. The largest absolute Gasteiger partial charge is 0.458 e. The Balaban J connectivity index is 2.21. The third kappa shape index (κ3) is 3.04. The number of hydrogen-bond acceptors (Lipinski definition) is 4. The van der Waals surface area contributed by atoms with Crippen molar-refractivity contribution in [1.82, 2.24) is 0 Å². The Hall–Kier alpha value is -1.62. The molecule has 2 rings (SSSR count). The Kier molecular flexibility index (Phi) is 4.04. The van der Waals surface area contributed by atoms with Gasteiger partial charge in [0.2, 0.25) is 5.91 Å². The molecule has 1 aliphatic rings. The van der Waals surface area contributed by atoms with E-state index in [4.69, 9.17) is 4.74 Å². The van der Waals surface area contributed by atoms with Crippen LogP contribution in [-0.4, -0.2) is 18.5 Å². The van der Waals surface area contributed by atoms with Gasteiger partial charge in [-0.15, -0.1) is 11.3 Å². The standard InChI is InChI=1S/C14H17NO3S/c1-4-7-18-14(17)11-8(2)9(3)19-13(11)15-12(16)10-5-6-10/h4,10H,1,5-7H2,2-3H3,(H,15,16). The molecule has 5 heteroatoms. The minimum Gasteiger partial charge on any atom is -0.458 e. The fourth-order valence-electron chi connectivity index (χ4n) is 1.73. The van der Waals surface area contributed by atoms with Gasteiger partial charge in [0.25, 0.3) is 0 Å². The van der Waals surface area contributed by atoms with E-state index in [1.54, 1.807) is 0 Å². The van der Waals surface area contributed by atoms with Gasteiger partial charge >= 0.3 is 5.97 Å². The number of ether oxygens (including phenoxy) is 1. The Morgan fingerprint density at radius 2 is 2.16 bits per heavy atom. The van der Waals surface area contributed by atoms with Gasteiger partial charge in [0.15, 0.2) is 0 Å². The van der Waals surface area contributed by atoms with E-state index in [1.165, 1.54) is 17.4 Å². The average molecular weight is 279 g/mol. The summed E-state index contributed by atoms with van der Waals surface area (Å²) in [6, 6.07) is 0. The van der Waals surface area contributed by atoms with Crippen molar-refractivity contribution in [2.75, 3.05) is 11.9 Å². The monoisotopic (exact) mass is 279 g/mol. The number of carbonyl (C=O) groups excluding carboxylic acids is 2. The van der Waals surface area contributed by atoms with Gasteiger partial charge in [-0.1, -0.05) is 12.7 Å². The van der Waals surface area contributed by atoms with Crippen molar-refractivity contribution < 1.29 is 14.3 Å². The van der Waals surface area contributed by atoms with Crippen molar-refractivity contribution in [1.29, 1.82) is 0 Å². The van der Waals surface area contributed by atoms with Crippen molar-refractivity contribution in [3.8, 4) is 0 Å². The van der Waals surface area contributed by atoms with Crippen LogP contribution in [0.4, 0.5) is 5.00 Å². The first kappa shape index (κ1) is 13.8. The van der Waals surface area contributed by atoms with Gasteiger partial charge in [-0.05, 0) is 32.3 Å². The fourth-order valence-corrected chi connectivity index (χ4v) is 2.78. The lowest BCUT2D eigenvalue weighted by Gasteiger charge is -2.06. The van der Waals surface area contributed by atoms with Crippen molar-refractivity contribution in [2.24, 2.45) is 5.92 Å². The predicted molar refractivity (Wildman–Crippen MR) is 75.6 cm³/mol. The normalized spacial score (nSPS) is 14.0. The summed E-state index contributed by atoms with van der Waals surface area (Å²) < 4.78 is 5.07. The second kappa shape index (κ2) is 5.57. The second-order valence-electron chi connectivity index (χ2n) is 4.64. The first-order valence-corrected chi connectivity index (χ1v) is 7.05. The molecule has 1 aromatic heterocycles. The van der Waals surface area contributed by atoms with E-state index in [9.17, 15) is 9.59 Å². The lowest BCUT2D eigenvalue weighted by atomic mass is 10.1. The molecule has 1 amide bonds. The van der Waals surface area contributed by atoms with Crippen molar-refractivity contribution in [3.05, 3.63) is 28.7 Å². The predicted octanol–water partition coefficient (Wildman–Crippen LogP) is 3.06. The number of thiophene rings is 1. The lowest BCUT2D eigenvalue weighted by molar-refractivity contribution is -0.117. The molecule has 1 aromatic rings. The molecule has 0 bridgehead atoms. The fraction of sp³-hybridized carbons (Fsp3) is 0.429. The second-order valence-corrected chi connectivity index (χ2v) is 5.86. The van der Waals surface area contributed by atoms with Gasteiger partial charge in [-0.25, -0.2) is 4.79 Å².